The van der Waals surface area contributed by atoms with Crippen LogP contribution in [0.2, 0.25) is 0 Å². The minimum absolute atomic E-state index is 0.159. The van der Waals surface area contributed by atoms with Gasteiger partial charge in [0.1, 0.15) is 5.82 Å². The van der Waals surface area contributed by atoms with Crippen LogP contribution in [0.3, 0.4) is 0 Å². The van der Waals surface area contributed by atoms with Gasteiger partial charge in [0.2, 0.25) is 0 Å². The standard InChI is InChI=1S/C13H16N4O2S/c1-3-14-13-9-11(6-8-16-13)20(18,19)17-12-5-4-7-15-10(12)2/h4-9,17H,3H2,1-2H3,(H,14,16). The fourth-order valence-corrected chi connectivity index (χ4v) is 2.78. The number of nitrogens with one attached hydrogen (secondary N) is 2. The van der Waals surface area contributed by atoms with Crippen molar-refractivity contribution in [3.8, 4) is 0 Å². The van der Waals surface area contributed by atoms with Crippen LogP contribution in [0.4, 0.5) is 11.5 Å². The van der Waals surface area contributed by atoms with Crippen molar-refractivity contribution in [2.75, 3.05) is 16.6 Å². The zero-order chi connectivity index (χ0) is 14.6. The van der Waals surface area contributed by atoms with E-state index in [1.807, 2.05) is 6.92 Å². The van der Waals surface area contributed by atoms with Crippen LogP contribution in [0.5, 0.6) is 0 Å². The van der Waals surface area contributed by atoms with E-state index in [2.05, 4.69) is 20.0 Å². The Morgan fingerprint density at radius 2 is 2.00 bits per heavy atom. The van der Waals surface area contributed by atoms with E-state index in [-0.39, 0.29) is 4.90 Å². The summed E-state index contributed by atoms with van der Waals surface area (Å²) >= 11 is 0. The van der Waals surface area contributed by atoms with E-state index in [9.17, 15) is 8.42 Å². The van der Waals surface area contributed by atoms with Crippen LogP contribution in [0.15, 0.2) is 41.6 Å². The summed E-state index contributed by atoms with van der Waals surface area (Å²) in [6.07, 6.45) is 3.07. The molecule has 0 fully saturated rings. The lowest BCUT2D eigenvalue weighted by atomic mass is 10.3. The maximum absolute atomic E-state index is 12.3. The number of hydrogen-bond donors (Lipinski definition) is 2. The number of sulfonamides is 1. The first-order valence-electron chi connectivity index (χ1n) is 6.17. The van der Waals surface area contributed by atoms with Gasteiger partial charge in [-0.2, -0.15) is 0 Å². The first-order chi connectivity index (χ1) is 9.53. The van der Waals surface area contributed by atoms with Crippen molar-refractivity contribution in [2.45, 2.75) is 18.7 Å². The van der Waals surface area contributed by atoms with Crippen molar-refractivity contribution in [1.82, 2.24) is 9.97 Å². The predicted octanol–water partition coefficient (Wildman–Crippen LogP) is 2.02. The molecule has 20 heavy (non-hydrogen) atoms. The molecule has 0 amide bonds. The van der Waals surface area contributed by atoms with Gasteiger partial charge in [0, 0.05) is 25.0 Å². The molecule has 106 valence electrons. The quantitative estimate of drug-likeness (QED) is 0.880. The van der Waals surface area contributed by atoms with Gasteiger partial charge in [0.05, 0.1) is 16.3 Å². The molecule has 0 radical (unpaired) electrons. The van der Waals surface area contributed by atoms with Crippen molar-refractivity contribution < 1.29 is 8.42 Å². The second-order valence-corrected chi connectivity index (χ2v) is 5.83. The Morgan fingerprint density at radius 1 is 1.20 bits per heavy atom. The average molecular weight is 292 g/mol. The molecule has 0 saturated heterocycles. The Hall–Kier alpha value is -2.15. The summed E-state index contributed by atoms with van der Waals surface area (Å²) in [4.78, 5) is 8.26. The number of nitrogens with zero attached hydrogens (tertiary/aromatic N) is 2. The van der Waals surface area contributed by atoms with E-state index < -0.39 is 10.0 Å². The lowest BCUT2D eigenvalue weighted by Crippen LogP contribution is -2.14. The Labute approximate surface area is 118 Å². The molecular formula is C13H16N4O2S. The van der Waals surface area contributed by atoms with Crippen molar-refractivity contribution in [2.24, 2.45) is 0 Å². The van der Waals surface area contributed by atoms with Gasteiger partial charge < -0.3 is 5.32 Å². The summed E-state index contributed by atoms with van der Waals surface area (Å²) in [7, 11) is -3.65. The minimum atomic E-state index is -3.65. The zero-order valence-electron chi connectivity index (χ0n) is 11.3. The highest BCUT2D eigenvalue weighted by Gasteiger charge is 2.16. The van der Waals surface area contributed by atoms with Crippen LogP contribution in [0.1, 0.15) is 12.6 Å². The Balaban J connectivity index is 2.31. The second kappa shape index (κ2) is 5.87. The fourth-order valence-electron chi connectivity index (χ4n) is 1.65. The summed E-state index contributed by atoms with van der Waals surface area (Å²) in [5, 5.41) is 2.98. The van der Waals surface area contributed by atoms with Gasteiger partial charge >= 0.3 is 0 Å². The molecule has 2 rings (SSSR count). The number of hydrogen-bond acceptors (Lipinski definition) is 5. The SMILES string of the molecule is CCNc1cc(S(=O)(=O)Nc2cccnc2C)ccn1. The number of pyridine rings is 2. The number of aromatic nitrogens is 2. The highest BCUT2D eigenvalue weighted by Crippen LogP contribution is 2.19. The fraction of sp³-hybridized carbons (Fsp3) is 0.231. The Morgan fingerprint density at radius 3 is 2.70 bits per heavy atom. The minimum Gasteiger partial charge on any atom is -0.370 e. The first-order valence-corrected chi connectivity index (χ1v) is 7.65. The third-order valence-corrected chi connectivity index (χ3v) is 4.01. The van der Waals surface area contributed by atoms with Crippen molar-refractivity contribution in [3.05, 3.63) is 42.4 Å². The first kappa shape index (κ1) is 14.3. The molecule has 2 N–H and O–H groups in total. The molecule has 0 aliphatic rings. The summed E-state index contributed by atoms with van der Waals surface area (Å²) in [5.41, 5.74) is 1.09. The zero-order valence-corrected chi connectivity index (χ0v) is 12.1. The third-order valence-electron chi connectivity index (χ3n) is 2.65. The molecular weight excluding hydrogens is 276 g/mol. The van der Waals surface area contributed by atoms with E-state index in [1.165, 1.54) is 18.3 Å². The summed E-state index contributed by atoms with van der Waals surface area (Å²) < 4.78 is 27.2. The van der Waals surface area contributed by atoms with Crippen molar-refractivity contribution >= 4 is 21.5 Å². The topological polar surface area (TPSA) is 84.0 Å². The Kier molecular flexibility index (Phi) is 4.19. The maximum Gasteiger partial charge on any atom is 0.262 e. The summed E-state index contributed by atoms with van der Waals surface area (Å²) in [6, 6.07) is 6.31. The molecule has 2 heterocycles. The van der Waals surface area contributed by atoms with Crippen LogP contribution in [0, 0.1) is 6.92 Å². The number of rotatable bonds is 5. The summed E-state index contributed by atoms with van der Waals surface area (Å²) in [5.74, 6) is 0.526. The van der Waals surface area contributed by atoms with Gasteiger partial charge in [-0.25, -0.2) is 13.4 Å². The Bertz CT molecular complexity index is 701. The molecule has 2 aromatic rings. The van der Waals surface area contributed by atoms with E-state index in [0.717, 1.165) is 0 Å². The highest BCUT2D eigenvalue weighted by molar-refractivity contribution is 7.92. The van der Waals surface area contributed by atoms with Gasteiger partial charge in [-0.05, 0) is 32.0 Å². The molecule has 0 bridgehead atoms. The lowest BCUT2D eigenvalue weighted by Gasteiger charge is -2.10. The lowest BCUT2D eigenvalue weighted by molar-refractivity contribution is 0.601. The van der Waals surface area contributed by atoms with Gasteiger partial charge in [-0.15, -0.1) is 0 Å². The number of anilines is 2. The molecule has 0 unspecified atom stereocenters. The smallest absolute Gasteiger partial charge is 0.262 e. The van der Waals surface area contributed by atoms with E-state index >= 15 is 0 Å². The molecule has 7 heteroatoms. The van der Waals surface area contributed by atoms with Crippen LogP contribution in [-0.2, 0) is 10.0 Å². The molecule has 6 nitrogen and oxygen atoms in total. The molecule has 0 spiro atoms. The van der Waals surface area contributed by atoms with Crippen molar-refractivity contribution in [1.29, 1.82) is 0 Å². The van der Waals surface area contributed by atoms with E-state index in [4.69, 9.17) is 0 Å². The summed E-state index contributed by atoms with van der Waals surface area (Å²) in [6.45, 7) is 4.33. The molecule has 0 aliphatic heterocycles. The van der Waals surface area contributed by atoms with Crippen LogP contribution >= 0.6 is 0 Å². The highest BCUT2D eigenvalue weighted by atomic mass is 32.2. The third kappa shape index (κ3) is 3.24. The van der Waals surface area contributed by atoms with Gasteiger partial charge in [-0.1, -0.05) is 0 Å². The van der Waals surface area contributed by atoms with E-state index in [1.54, 1.807) is 25.3 Å². The molecule has 0 saturated carbocycles. The largest absolute Gasteiger partial charge is 0.370 e. The molecule has 2 aromatic heterocycles. The molecule has 0 aliphatic carbocycles. The maximum atomic E-state index is 12.3. The van der Waals surface area contributed by atoms with E-state index in [0.29, 0.717) is 23.7 Å². The van der Waals surface area contributed by atoms with Crippen LogP contribution in [-0.4, -0.2) is 24.9 Å². The van der Waals surface area contributed by atoms with Crippen molar-refractivity contribution in [3.63, 3.8) is 0 Å². The van der Waals surface area contributed by atoms with Gasteiger partial charge in [0.15, 0.2) is 0 Å². The number of aryl methyl sites for hydroxylation is 1. The average Bonchev–Trinajstić information content (AvgIpc) is 2.42. The normalized spacial score (nSPS) is 11.1. The van der Waals surface area contributed by atoms with Gasteiger partial charge in [0.25, 0.3) is 10.0 Å². The second-order valence-electron chi connectivity index (χ2n) is 4.15. The predicted molar refractivity (Wildman–Crippen MR) is 78.2 cm³/mol. The molecule has 0 atom stereocenters. The van der Waals surface area contributed by atoms with Crippen LogP contribution < -0.4 is 10.0 Å². The molecule has 0 aromatic carbocycles. The van der Waals surface area contributed by atoms with Gasteiger partial charge in [-0.3, -0.25) is 9.71 Å². The monoisotopic (exact) mass is 292 g/mol. The van der Waals surface area contributed by atoms with Crippen LogP contribution in [0.25, 0.3) is 0 Å².